The topological polar surface area (TPSA) is 78.4 Å². The molecule has 0 heterocycles. The van der Waals surface area contributed by atoms with Gasteiger partial charge in [0.2, 0.25) is 5.91 Å². The van der Waals surface area contributed by atoms with E-state index in [2.05, 4.69) is 23.6 Å². The maximum Gasteiger partial charge on any atom is 0.337 e. The second-order valence-corrected chi connectivity index (χ2v) is 9.13. The number of aryl methyl sites for hydroxylation is 1. The Morgan fingerprint density at radius 1 is 0.914 bits per heavy atom. The number of hydrogen-bond donors (Lipinski definition) is 3. The number of carbonyl (C=O) groups is 2. The Balaban J connectivity index is 1.85. The summed E-state index contributed by atoms with van der Waals surface area (Å²) in [6.07, 6.45) is 5.48. The van der Waals surface area contributed by atoms with E-state index in [4.69, 9.17) is 0 Å². The van der Waals surface area contributed by atoms with Crippen LogP contribution in [-0.4, -0.2) is 17.0 Å². The van der Waals surface area contributed by atoms with E-state index >= 15 is 0 Å². The molecule has 0 bridgehead atoms. The number of anilines is 2. The van der Waals surface area contributed by atoms with Crippen LogP contribution >= 0.6 is 0 Å². The molecule has 0 aromatic heterocycles. The third-order valence-electron chi connectivity index (χ3n) is 6.37. The van der Waals surface area contributed by atoms with Crippen molar-refractivity contribution in [1.29, 1.82) is 0 Å². The van der Waals surface area contributed by atoms with Crippen molar-refractivity contribution in [2.45, 2.75) is 59.4 Å². The summed E-state index contributed by atoms with van der Waals surface area (Å²) in [5.41, 5.74) is 5.41. The molecule has 0 spiro atoms. The molecule has 0 fully saturated rings. The lowest BCUT2D eigenvalue weighted by atomic mass is 10.00. The monoisotopic (exact) mass is 472 g/mol. The Labute approximate surface area is 208 Å². The zero-order chi connectivity index (χ0) is 25.2. The third kappa shape index (κ3) is 7.19. The molecule has 1 atom stereocenters. The highest BCUT2D eigenvalue weighted by atomic mass is 16.4. The van der Waals surface area contributed by atoms with E-state index in [9.17, 15) is 14.7 Å². The molecule has 0 aliphatic heterocycles. The molecule has 0 radical (unpaired) electrons. The fourth-order valence-electron chi connectivity index (χ4n) is 4.18. The molecule has 0 saturated heterocycles. The summed E-state index contributed by atoms with van der Waals surface area (Å²) in [6.45, 7) is 6.40. The van der Waals surface area contributed by atoms with Crippen LogP contribution in [0.2, 0.25) is 0 Å². The molecule has 1 unspecified atom stereocenters. The molecule has 3 aromatic carbocycles. The second-order valence-electron chi connectivity index (χ2n) is 9.13. The van der Waals surface area contributed by atoms with Crippen molar-refractivity contribution in [1.82, 2.24) is 5.32 Å². The van der Waals surface area contributed by atoms with Crippen LogP contribution in [-0.2, 0) is 11.3 Å². The zero-order valence-corrected chi connectivity index (χ0v) is 20.9. The first-order chi connectivity index (χ1) is 16.9. The molecule has 0 saturated carbocycles. The Bertz CT molecular complexity index is 1140. The average molecular weight is 473 g/mol. The lowest BCUT2D eigenvalue weighted by Crippen LogP contribution is -2.29. The van der Waals surface area contributed by atoms with E-state index in [-0.39, 0.29) is 17.4 Å². The number of carbonyl (C=O) groups excluding carboxylic acids is 1. The smallest absolute Gasteiger partial charge is 0.337 e. The number of para-hydroxylation sites is 1. The predicted octanol–water partition coefficient (Wildman–Crippen LogP) is 7.33. The highest BCUT2D eigenvalue weighted by molar-refractivity contribution is 5.96. The molecule has 35 heavy (non-hydrogen) atoms. The zero-order valence-electron chi connectivity index (χ0n) is 20.9. The molecule has 184 valence electrons. The van der Waals surface area contributed by atoms with E-state index in [1.54, 1.807) is 12.1 Å². The fourth-order valence-corrected chi connectivity index (χ4v) is 4.18. The summed E-state index contributed by atoms with van der Waals surface area (Å²) in [4.78, 5) is 24.6. The van der Waals surface area contributed by atoms with Crippen molar-refractivity contribution in [3.05, 3.63) is 83.4 Å². The van der Waals surface area contributed by atoms with Crippen molar-refractivity contribution in [2.24, 2.45) is 5.92 Å². The first-order valence-corrected chi connectivity index (χ1v) is 12.5. The number of rotatable bonds is 12. The minimum atomic E-state index is -0.983. The van der Waals surface area contributed by atoms with Gasteiger partial charge in [-0.25, -0.2) is 4.79 Å². The molecule has 0 aliphatic rings. The van der Waals surface area contributed by atoms with Crippen LogP contribution in [0.5, 0.6) is 0 Å². The second kappa shape index (κ2) is 12.7. The van der Waals surface area contributed by atoms with Gasteiger partial charge in [0.15, 0.2) is 0 Å². The summed E-state index contributed by atoms with van der Waals surface area (Å²) in [5, 5.41) is 16.1. The lowest BCUT2D eigenvalue weighted by Gasteiger charge is -2.18. The lowest BCUT2D eigenvalue weighted by molar-refractivity contribution is -0.124. The maximum atomic E-state index is 12.8. The fraction of sp³-hybridized carbons (Fsp3) is 0.333. The van der Waals surface area contributed by atoms with Gasteiger partial charge in [-0.15, -0.1) is 0 Å². The predicted molar refractivity (Wildman–Crippen MR) is 143 cm³/mol. The van der Waals surface area contributed by atoms with Gasteiger partial charge < -0.3 is 15.7 Å². The molecular formula is C30H36N2O3. The molecule has 3 N–H and O–H groups in total. The first kappa shape index (κ1) is 26.0. The summed E-state index contributed by atoms with van der Waals surface area (Å²) in [6, 6.07) is 21.3. The highest BCUT2D eigenvalue weighted by Gasteiger charge is 2.16. The number of amides is 1. The molecule has 1 amide bonds. The van der Waals surface area contributed by atoms with Gasteiger partial charge in [-0.05, 0) is 53.8 Å². The van der Waals surface area contributed by atoms with Crippen LogP contribution in [0.25, 0.3) is 11.1 Å². The molecule has 5 heteroatoms. The van der Waals surface area contributed by atoms with Gasteiger partial charge in [0.1, 0.15) is 0 Å². The van der Waals surface area contributed by atoms with E-state index in [1.165, 1.54) is 12.8 Å². The minimum absolute atomic E-state index is 0.0414. The van der Waals surface area contributed by atoms with E-state index < -0.39 is 5.97 Å². The van der Waals surface area contributed by atoms with E-state index in [0.29, 0.717) is 12.2 Å². The standard InChI is InChI=1S/C30H36N2O3/c1-4-5-6-8-12-22(3)29(33)31-20-25-19-24(23-14-9-7-10-15-23)17-18-27(25)32-28-21(2)13-11-16-26(28)30(34)35/h7,9-11,13-19,22,32H,4-6,8,12,20H2,1-3H3,(H,31,33)(H,34,35). The highest BCUT2D eigenvalue weighted by Crippen LogP contribution is 2.30. The van der Waals surface area contributed by atoms with Crippen molar-refractivity contribution in [2.75, 3.05) is 5.32 Å². The Hall–Kier alpha value is -3.60. The Kier molecular flexibility index (Phi) is 9.47. The van der Waals surface area contributed by atoms with Gasteiger partial charge in [-0.1, -0.05) is 88.1 Å². The van der Waals surface area contributed by atoms with Crippen molar-refractivity contribution in [3.63, 3.8) is 0 Å². The summed E-state index contributed by atoms with van der Waals surface area (Å²) in [7, 11) is 0. The third-order valence-corrected chi connectivity index (χ3v) is 6.37. The number of carboxylic acid groups (broad SMARTS) is 1. The number of hydrogen-bond acceptors (Lipinski definition) is 3. The van der Waals surface area contributed by atoms with Gasteiger partial charge in [-0.3, -0.25) is 4.79 Å². The van der Waals surface area contributed by atoms with Crippen LogP contribution in [0.1, 0.15) is 67.4 Å². The van der Waals surface area contributed by atoms with Crippen molar-refractivity contribution < 1.29 is 14.7 Å². The number of benzene rings is 3. The van der Waals surface area contributed by atoms with Crippen LogP contribution < -0.4 is 10.6 Å². The summed E-state index contributed by atoms with van der Waals surface area (Å²) >= 11 is 0. The largest absolute Gasteiger partial charge is 0.478 e. The SMILES string of the molecule is CCCCCCC(C)C(=O)NCc1cc(-c2ccccc2)ccc1Nc1c(C)cccc1C(=O)O. The number of carboxylic acids is 1. The van der Waals surface area contributed by atoms with E-state index in [0.717, 1.165) is 47.2 Å². The molecule has 3 aromatic rings. The average Bonchev–Trinajstić information content (AvgIpc) is 2.87. The van der Waals surface area contributed by atoms with Gasteiger partial charge >= 0.3 is 5.97 Å². The normalized spacial score (nSPS) is 11.6. The number of nitrogens with one attached hydrogen (secondary N) is 2. The molecule has 0 aliphatic carbocycles. The Morgan fingerprint density at radius 3 is 2.40 bits per heavy atom. The Morgan fingerprint density at radius 2 is 1.69 bits per heavy atom. The van der Waals surface area contributed by atoms with Crippen LogP contribution in [0.15, 0.2) is 66.7 Å². The molecular weight excluding hydrogens is 436 g/mol. The van der Waals surface area contributed by atoms with Crippen molar-refractivity contribution >= 4 is 23.3 Å². The van der Waals surface area contributed by atoms with Gasteiger partial charge in [0, 0.05) is 18.2 Å². The van der Waals surface area contributed by atoms with Gasteiger partial charge in [0.05, 0.1) is 11.3 Å². The number of unbranched alkanes of at least 4 members (excludes halogenated alkanes) is 3. The molecule has 3 rings (SSSR count). The minimum Gasteiger partial charge on any atom is -0.478 e. The summed E-state index contributed by atoms with van der Waals surface area (Å²) < 4.78 is 0. The van der Waals surface area contributed by atoms with Crippen LogP contribution in [0.4, 0.5) is 11.4 Å². The van der Waals surface area contributed by atoms with Crippen LogP contribution in [0.3, 0.4) is 0 Å². The number of aromatic carboxylic acids is 1. The van der Waals surface area contributed by atoms with Gasteiger partial charge in [-0.2, -0.15) is 0 Å². The van der Waals surface area contributed by atoms with Crippen LogP contribution in [0, 0.1) is 12.8 Å². The summed E-state index contributed by atoms with van der Waals surface area (Å²) in [5.74, 6) is -0.987. The van der Waals surface area contributed by atoms with Crippen molar-refractivity contribution in [3.8, 4) is 11.1 Å². The maximum absolute atomic E-state index is 12.8. The first-order valence-electron chi connectivity index (χ1n) is 12.5. The van der Waals surface area contributed by atoms with E-state index in [1.807, 2.05) is 62.4 Å². The quantitative estimate of drug-likeness (QED) is 0.241. The van der Waals surface area contributed by atoms with Gasteiger partial charge in [0.25, 0.3) is 0 Å². The molecule has 5 nitrogen and oxygen atoms in total.